The fourth-order valence-electron chi connectivity index (χ4n) is 2.78. The molecule has 0 spiro atoms. The second kappa shape index (κ2) is 5.77. The lowest BCUT2D eigenvalue weighted by Gasteiger charge is -2.25. The molecule has 0 aromatic carbocycles. The van der Waals surface area contributed by atoms with Crippen LogP contribution in [0.15, 0.2) is 42.9 Å². The Morgan fingerprint density at radius 2 is 2.26 bits per heavy atom. The molecular weight excluding hydrogens is 294 g/mol. The smallest absolute Gasteiger partial charge is 0.252 e. The van der Waals surface area contributed by atoms with Crippen molar-refractivity contribution in [2.45, 2.75) is 12.6 Å². The minimum Gasteiger partial charge on any atom is -0.371 e. The molecule has 1 unspecified atom stereocenters. The number of imidazole rings is 1. The highest BCUT2D eigenvalue weighted by molar-refractivity contribution is 5.93. The number of carbonyl (C=O) groups excluding carboxylic acids is 1. The molecule has 4 rings (SSSR count). The Labute approximate surface area is 132 Å². The van der Waals surface area contributed by atoms with E-state index in [2.05, 4.69) is 24.8 Å². The maximum absolute atomic E-state index is 12.2. The van der Waals surface area contributed by atoms with Crippen molar-refractivity contribution < 1.29 is 9.53 Å². The van der Waals surface area contributed by atoms with Crippen LogP contribution in [0.25, 0.3) is 11.2 Å². The molecule has 0 aliphatic carbocycles. The minimum absolute atomic E-state index is 0.0285. The molecule has 3 aromatic rings. The lowest BCUT2D eigenvalue weighted by molar-refractivity contribution is 0.0551. The summed E-state index contributed by atoms with van der Waals surface area (Å²) in [7, 11) is 0. The van der Waals surface area contributed by atoms with Crippen LogP contribution in [0.5, 0.6) is 0 Å². The standard InChI is InChI=1S/C16H15N5O2/c22-16(11-3-1-5-17-7-11)19-8-12-9-23-10-14-20-13-4-2-6-18-15(13)21(12)14/h1-7,12H,8-10H2,(H,19,22). The van der Waals surface area contributed by atoms with Crippen molar-refractivity contribution in [2.75, 3.05) is 13.2 Å². The fraction of sp³-hybridized carbons (Fsp3) is 0.250. The number of rotatable bonds is 3. The number of pyridine rings is 2. The first-order valence-electron chi connectivity index (χ1n) is 7.41. The van der Waals surface area contributed by atoms with Crippen molar-refractivity contribution in [3.05, 3.63) is 54.2 Å². The van der Waals surface area contributed by atoms with Gasteiger partial charge >= 0.3 is 0 Å². The maximum Gasteiger partial charge on any atom is 0.252 e. The molecule has 4 heterocycles. The van der Waals surface area contributed by atoms with Gasteiger partial charge in [0.25, 0.3) is 5.91 Å². The molecule has 3 aromatic heterocycles. The number of hydrogen-bond acceptors (Lipinski definition) is 5. The number of ether oxygens (including phenoxy) is 1. The quantitative estimate of drug-likeness (QED) is 0.789. The Hall–Kier alpha value is -2.80. The number of aromatic nitrogens is 4. The van der Waals surface area contributed by atoms with E-state index in [0.29, 0.717) is 25.3 Å². The Morgan fingerprint density at radius 1 is 1.35 bits per heavy atom. The lowest BCUT2D eigenvalue weighted by Crippen LogP contribution is -2.35. The Morgan fingerprint density at radius 3 is 3.13 bits per heavy atom. The number of hydrogen-bond donors (Lipinski definition) is 1. The van der Waals surface area contributed by atoms with Gasteiger partial charge in [0.1, 0.15) is 17.9 Å². The van der Waals surface area contributed by atoms with Crippen LogP contribution in [0.1, 0.15) is 22.2 Å². The molecule has 1 aliphatic rings. The first kappa shape index (κ1) is 13.8. The van der Waals surface area contributed by atoms with Crippen LogP contribution in [0, 0.1) is 0 Å². The van der Waals surface area contributed by atoms with E-state index < -0.39 is 0 Å². The molecule has 0 radical (unpaired) electrons. The highest BCUT2D eigenvalue weighted by Crippen LogP contribution is 2.24. The highest BCUT2D eigenvalue weighted by Gasteiger charge is 2.25. The molecule has 116 valence electrons. The lowest BCUT2D eigenvalue weighted by atomic mass is 10.2. The predicted molar refractivity (Wildman–Crippen MR) is 82.8 cm³/mol. The number of fused-ring (bicyclic) bond motifs is 3. The molecule has 0 saturated heterocycles. The summed E-state index contributed by atoms with van der Waals surface area (Å²) in [6.45, 7) is 1.43. The van der Waals surface area contributed by atoms with Gasteiger partial charge in [0.05, 0.1) is 18.2 Å². The van der Waals surface area contributed by atoms with Crippen LogP contribution in [-0.4, -0.2) is 38.6 Å². The van der Waals surface area contributed by atoms with E-state index in [0.717, 1.165) is 17.0 Å². The molecule has 0 saturated carbocycles. The summed E-state index contributed by atoms with van der Waals surface area (Å²) in [5, 5.41) is 2.93. The zero-order valence-electron chi connectivity index (χ0n) is 12.3. The van der Waals surface area contributed by atoms with E-state index in [-0.39, 0.29) is 11.9 Å². The summed E-state index contributed by atoms with van der Waals surface area (Å²) in [5.74, 6) is 0.688. The zero-order valence-corrected chi connectivity index (χ0v) is 12.3. The second-order valence-electron chi connectivity index (χ2n) is 5.36. The molecule has 1 N–H and O–H groups in total. The van der Waals surface area contributed by atoms with Gasteiger partial charge in [-0.05, 0) is 24.3 Å². The van der Waals surface area contributed by atoms with Crippen LogP contribution in [0.2, 0.25) is 0 Å². The second-order valence-corrected chi connectivity index (χ2v) is 5.36. The predicted octanol–water partition coefficient (Wildman–Crippen LogP) is 1.33. The van der Waals surface area contributed by atoms with Gasteiger partial charge in [0.15, 0.2) is 5.65 Å². The summed E-state index contributed by atoms with van der Waals surface area (Å²) in [6, 6.07) is 7.24. The third-order valence-electron chi connectivity index (χ3n) is 3.85. The number of nitrogens with zero attached hydrogens (tertiary/aromatic N) is 4. The van der Waals surface area contributed by atoms with Gasteiger partial charge in [-0.15, -0.1) is 0 Å². The average Bonchev–Trinajstić information content (AvgIpc) is 2.99. The largest absolute Gasteiger partial charge is 0.371 e. The first-order valence-corrected chi connectivity index (χ1v) is 7.41. The molecule has 1 aliphatic heterocycles. The fourth-order valence-corrected chi connectivity index (χ4v) is 2.78. The topological polar surface area (TPSA) is 81.9 Å². The molecule has 23 heavy (non-hydrogen) atoms. The van der Waals surface area contributed by atoms with Gasteiger partial charge in [0, 0.05) is 25.1 Å². The van der Waals surface area contributed by atoms with Crippen molar-refractivity contribution in [1.82, 2.24) is 24.8 Å². The van der Waals surface area contributed by atoms with Crippen molar-refractivity contribution >= 4 is 17.1 Å². The van der Waals surface area contributed by atoms with Gasteiger partial charge in [-0.2, -0.15) is 0 Å². The summed E-state index contributed by atoms with van der Waals surface area (Å²) in [5.41, 5.74) is 2.21. The van der Waals surface area contributed by atoms with E-state index in [1.807, 2.05) is 12.1 Å². The first-order chi connectivity index (χ1) is 11.3. The molecule has 0 fully saturated rings. The average molecular weight is 309 g/mol. The zero-order chi connectivity index (χ0) is 15.6. The Kier molecular flexibility index (Phi) is 3.47. The molecule has 1 amide bonds. The van der Waals surface area contributed by atoms with Gasteiger partial charge in [-0.25, -0.2) is 9.97 Å². The van der Waals surface area contributed by atoms with E-state index in [1.165, 1.54) is 0 Å². The third-order valence-corrected chi connectivity index (χ3v) is 3.85. The van der Waals surface area contributed by atoms with Crippen LogP contribution < -0.4 is 5.32 Å². The third kappa shape index (κ3) is 2.55. The number of nitrogens with one attached hydrogen (secondary N) is 1. The van der Waals surface area contributed by atoms with Crippen molar-refractivity contribution in [2.24, 2.45) is 0 Å². The van der Waals surface area contributed by atoms with Crippen molar-refractivity contribution in [3.63, 3.8) is 0 Å². The number of amides is 1. The van der Waals surface area contributed by atoms with E-state index in [9.17, 15) is 4.79 Å². The van der Waals surface area contributed by atoms with Gasteiger partial charge in [-0.3, -0.25) is 9.78 Å². The van der Waals surface area contributed by atoms with Gasteiger partial charge in [-0.1, -0.05) is 0 Å². The van der Waals surface area contributed by atoms with Crippen LogP contribution in [0.3, 0.4) is 0 Å². The summed E-state index contributed by atoms with van der Waals surface area (Å²) in [4.78, 5) is 25.1. The van der Waals surface area contributed by atoms with Crippen LogP contribution >= 0.6 is 0 Å². The molecule has 7 nitrogen and oxygen atoms in total. The molecule has 7 heteroatoms. The minimum atomic E-state index is -0.150. The molecular formula is C16H15N5O2. The van der Waals surface area contributed by atoms with Crippen LogP contribution in [-0.2, 0) is 11.3 Å². The normalized spacial score (nSPS) is 17.0. The SMILES string of the molecule is O=C(NCC1COCc2nc3cccnc3n21)c1cccnc1. The Bertz CT molecular complexity index is 846. The van der Waals surface area contributed by atoms with Crippen molar-refractivity contribution in [1.29, 1.82) is 0 Å². The van der Waals surface area contributed by atoms with E-state index in [1.54, 1.807) is 30.7 Å². The Balaban J connectivity index is 1.56. The van der Waals surface area contributed by atoms with E-state index >= 15 is 0 Å². The summed E-state index contributed by atoms with van der Waals surface area (Å²) < 4.78 is 7.66. The summed E-state index contributed by atoms with van der Waals surface area (Å²) >= 11 is 0. The summed E-state index contributed by atoms with van der Waals surface area (Å²) in [6.07, 6.45) is 4.94. The highest BCUT2D eigenvalue weighted by atomic mass is 16.5. The number of carbonyl (C=O) groups is 1. The molecule has 1 atom stereocenters. The molecule has 0 bridgehead atoms. The monoisotopic (exact) mass is 309 g/mol. The van der Waals surface area contributed by atoms with Crippen LogP contribution in [0.4, 0.5) is 0 Å². The van der Waals surface area contributed by atoms with Gasteiger partial charge < -0.3 is 14.6 Å². The van der Waals surface area contributed by atoms with E-state index in [4.69, 9.17) is 4.74 Å². The van der Waals surface area contributed by atoms with Crippen molar-refractivity contribution in [3.8, 4) is 0 Å². The maximum atomic E-state index is 12.2. The van der Waals surface area contributed by atoms with Gasteiger partial charge in [0.2, 0.25) is 0 Å².